The summed E-state index contributed by atoms with van der Waals surface area (Å²) < 4.78 is 0. The van der Waals surface area contributed by atoms with Crippen molar-refractivity contribution in [3.8, 4) is 0 Å². The van der Waals surface area contributed by atoms with Gasteiger partial charge in [0.05, 0.1) is 0 Å². The van der Waals surface area contributed by atoms with Gasteiger partial charge in [-0.05, 0) is 11.8 Å². The second-order valence-corrected chi connectivity index (χ2v) is 4.79. The molecule has 1 aliphatic rings. The Morgan fingerprint density at radius 1 is 1.08 bits per heavy atom. The minimum atomic E-state index is 1.03. The Bertz CT molecular complexity index is 111. The first-order valence-corrected chi connectivity index (χ1v) is 6.36. The van der Waals surface area contributed by atoms with E-state index in [9.17, 15) is 0 Å². The van der Waals surface area contributed by atoms with Crippen LogP contribution in [0.4, 0.5) is 0 Å². The quantitative estimate of drug-likeness (QED) is 0.554. The van der Waals surface area contributed by atoms with Crippen molar-refractivity contribution in [2.24, 2.45) is 11.8 Å². The lowest BCUT2D eigenvalue weighted by molar-refractivity contribution is 0.368. The summed E-state index contributed by atoms with van der Waals surface area (Å²) in [5, 5.41) is 0. The molecule has 1 saturated carbocycles. The summed E-state index contributed by atoms with van der Waals surface area (Å²) in [5.41, 5.74) is 0. The molecule has 78 valence electrons. The Hall–Kier alpha value is 0. The zero-order valence-electron chi connectivity index (χ0n) is 9.52. The molecule has 1 rings (SSSR count). The molecule has 0 amide bonds. The van der Waals surface area contributed by atoms with Crippen molar-refractivity contribution < 1.29 is 0 Å². The van der Waals surface area contributed by atoms with Crippen LogP contribution in [0.1, 0.15) is 71.6 Å². The molecule has 1 fully saturated rings. The van der Waals surface area contributed by atoms with Gasteiger partial charge < -0.3 is 0 Å². The van der Waals surface area contributed by atoms with Crippen LogP contribution in [0, 0.1) is 11.8 Å². The summed E-state index contributed by atoms with van der Waals surface area (Å²) in [6.45, 7) is 4.67. The van der Waals surface area contributed by atoms with Crippen LogP contribution in [-0.2, 0) is 0 Å². The monoisotopic (exact) mass is 182 g/mol. The fourth-order valence-corrected chi connectivity index (χ4v) is 2.73. The fraction of sp³-hybridized carbons (Fsp3) is 1.00. The molecular formula is C13H26. The summed E-state index contributed by atoms with van der Waals surface area (Å²) in [5.74, 6) is 2.14. The smallest absolute Gasteiger partial charge is 0.0414 e. The van der Waals surface area contributed by atoms with Crippen LogP contribution in [0.3, 0.4) is 0 Å². The third kappa shape index (κ3) is 4.15. The second kappa shape index (κ2) is 6.45. The van der Waals surface area contributed by atoms with E-state index < -0.39 is 0 Å². The Kier molecular flexibility index (Phi) is 5.50. The molecule has 0 aliphatic heterocycles. The van der Waals surface area contributed by atoms with Gasteiger partial charge in [0.2, 0.25) is 0 Å². The molecule has 0 aromatic heterocycles. The highest BCUT2D eigenvalue weighted by molar-refractivity contribution is 4.69. The van der Waals surface area contributed by atoms with Crippen LogP contribution < -0.4 is 0 Å². The summed E-state index contributed by atoms with van der Waals surface area (Å²) in [4.78, 5) is 0. The van der Waals surface area contributed by atoms with Crippen LogP contribution in [0.5, 0.6) is 0 Å². The Labute approximate surface area is 84.1 Å². The van der Waals surface area contributed by atoms with E-state index in [0.717, 1.165) is 11.8 Å². The van der Waals surface area contributed by atoms with Crippen LogP contribution in [-0.4, -0.2) is 0 Å². The third-order valence-corrected chi connectivity index (χ3v) is 3.73. The van der Waals surface area contributed by atoms with E-state index in [0.29, 0.717) is 0 Å². The Balaban J connectivity index is 2.07. The van der Waals surface area contributed by atoms with E-state index in [1.165, 1.54) is 57.8 Å². The Morgan fingerprint density at radius 2 is 1.77 bits per heavy atom. The van der Waals surface area contributed by atoms with Gasteiger partial charge in [-0.25, -0.2) is 0 Å². The van der Waals surface area contributed by atoms with Crippen LogP contribution in [0.25, 0.3) is 0 Å². The van der Waals surface area contributed by atoms with E-state index in [1.807, 2.05) is 0 Å². The summed E-state index contributed by atoms with van der Waals surface area (Å²) in [6.07, 6.45) is 13.4. The summed E-state index contributed by atoms with van der Waals surface area (Å²) >= 11 is 0. The van der Waals surface area contributed by atoms with E-state index in [4.69, 9.17) is 0 Å². The molecule has 0 spiro atoms. The lowest BCUT2D eigenvalue weighted by atomic mass is 9.90. The van der Waals surface area contributed by atoms with Gasteiger partial charge in [0.1, 0.15) is 0 Å². The molecule has 0 bridgehead atoms. The molecule has 0 heteroatoms. The van der Waals surface area contributed by atoms with Gasteiger partial charge in [0, 0.05) is 0 Å². The molecule has 0 aromatic carbocycles. The summed E-state index contributed by atoms with van der Waals surface area (Å²) in [6, 6.07) is 0. The van der Waals surface area contributed by atoms with Gasteiger partial charge >= 0.3 is 0 Å². The molecular weight excluding hydrogens is 156 g/mol. The van der Waals surface area contributed by atoms with Crippen molar-refractivity contribution in [3.05, 3.63) is 0 Å². The van der Waals surface area contributed by atoms with Crippen molar-refractivity contribution in [2.75, 3.05) is 0 Å². The molecule has 1 atom stereocenters. The minimum Gasteiger partial charge on any atom is -0.0654 e. The largest absolute Gasteiger partial charge is 0.0654 e. The van der Waals surface area contributed by atoms with Gasteiger partial charge in [-0.15, -0.1) is 0 Å². The second-order valence-electron chi connectivity index (χ2n) is 4.79. The Morgan fingerprint density at radius 3 is 2.31 bits per heavy atom. The zero-order valence-corrected chi connectivity index (χ0v) is 9.52. The van der Waals surface area contributed by atoms with Crippen LogP contribution >= 0.6 is 0 Å². The van der Waals surface area contributed by atoms with Crippen molar-refractivity contribution in [1.29, 1.82) is 0 Å². The summed E-state index contributed by atoms with van der Waals surface area (Å²) in [7, 11) is 0. The van der Waals surface area contributed by atoms with Crippen molar-refractivity contribution >= 4 is 0 Å². The molecule has 0 N–H and O–H groups in total. The van der Waals surface area contributed by atoms with Gasteiger partial charge in [-0.3, -0.25) is 0 Å². The van der Waals surface area contributed by atoms with E-state index in [1.54, 1.807) is 0 Å². The average Bonchev–Trinajstić information content (AvgIpc) is 2.64. The van der Waals surface area contributed by atoms with E-state index >= 15 is 0 Å². The highest BCUT2D eigenvalue weighted by atomic mass is 14.2. The van der Waals surface area contributed by atoms with E-state index in [2.05, 4.69) is 13.8 Å². The van der Waals surface area contributed by atoms with Gasteiger partial charge in [0.15, 0.2) is 0 Å². The van der Waals surface area contributed by atoms with Gasteiger partial charge in [-0.1, -0.05) is 71.6 Å². The highest BCUT2D eigenvalue weighted by Crippen LogP contribution is 2.31. The number of rotatable bonds is 6. The average molecular weight is 182 g/mol. The molecule has 0 aromatic rings. The minimum absolute atomic E-state index is 1.03. The molecule has 1 unspecified atom stereocenters. The lowest BCUT2D eigenvalue weighted by Gasteiger charge is -2.16. The van der Waals surface area contributed by atoms with Crippen molar-refractivity contribution in [3.63, 3.8) is 0 Å². The standard InChI is InChI=1S/C13H26/c1-3-7-12(4-2)10-11-13-8-5-6-9-13/h12-13H,3-11H2,1-2H3. The fourth-order valence-electron chi connectivity index (χ4n) is 2.73. The van der Waals surface area contributed by atoms with Gasteiger partial charge in [0.25, 0.3) is 0 Å². The maximum Gasteiger partial charge on any atom is -0.0414 e. The molecule has 0 nitrogen and oxygen atoms in total. The molecule has 0 saturated heterocycles. The predicted molar refractivity (Wildman–Crippen MR) is 59.9 cm³/mol. The third-order valence-electron chi connectivity index (χ3n) is 3.73. The topological polar surface area (TPSA) is 0 Å². The maximum atomic E-state index is 2.36. The zero-order chi connectivity index (χ0) is 9.52. The first-order chi connectivity index (χ1) is 6.36. The van der Waals surface area contributed by atoms with E-state index in [-0.39, 0.29) is 0 Å². The highest BCUT2D eigenvalue weighted by Gasteiger charge is 2.16. The lowest BCUT2D eigenvalue weighted by Crippen LogP contribution is -2.02. The first kappa shape index (κ1) is 11.1. The van der Waals surface area contributed by atoms with Crippen molar-refractivity contribution in [1.82, 2.24) is 0 Å². The SMILES string of the molecule is CCCC(CC)CCC1CCCC1. The maximum absolute atomic E-state index is 2.36. The molecule has 13 heavy (non-hydrogen) atoms. The van der Waals surface area contributed by atoms with Gasteiger partial charge in [-0.2, -0.15) is 0 Å². The van der Waals surface area contributed by atoms with Crippen LogP contribution in [0.15, 0.2) is 0 Å². The molecule has 1 aliphatic carbocycles. The van der Waals surface area contributed by atoms with Crippen LogP contribution in [0.2, 0.25) is 0 Å². The molecule has 0 heterocycles. The first-order valence-electron chi connectivity index (χ1n) is 6.36. The number of hydrogen-bond donors (Lipinski definition) is 0. The number of hydrogen-bond acceptors (Lipinski definition) is 0. The van der Waals surface area contributed by atoms with Crippen molar-refractivity contribution in [2.45, 2.75) is 71.6 Å². The molecule has 0 radical (unpaired) electrons. The predicted octanol–water partition coefficient (Wildman–Crippen LogP) is 4.78. The normalized spacial score (nSPS) is 20.8.